The number of aromatic nitrogens is 5. The van der Waals surface area contributed by atoms with Gasteiger partial charge in [-0.15, -0.1) is 21.5 Å². The quantitative estimate of drug-likeness (QED) is 0.390. The zero-order valence-electron chi connectivity index (χ0n) is 18.6. The van der Waals surface area contributed by atoms with Crippen LogP contribution < -0.4 is 4.90 Å². The van der Waals surface area contributed by atoms with Crippen molar-refractivity contribution in [3.05, 3.63) is 53.7 Å². The molecule has 3 aromatic heterocycles. The van der Waals surface area contributed by atoms with Crippen LogP contribution in [-0.2, 0) is 0 Å². The van der Waals surface area contributed by atoms with Crippen LogP contribution in [0.3, 0.4) is 0 Å². The molecule has 0 radical (unpaired) electrons. The van der Waals surface area contributed by atoms with Gasteiger partial charge >= 0.3 is 0 Å². The fourth-order valence-electron chi connectivity index (χ4n) is 4.81. The number of hydrogen-bond acceptors (Lipinski definition) is 6. The third-order valence-electron chi connectivity index (χ3n) is 6.78. The molecule has 0 atom stereocenters. The molecule has 1 saturated carbocycles. The van der Waals surface area contributed by atoms with Crippen LogP contribution in [0.2, 0.25) is 0 Å². The Balaban J connectivity index is 1.36. The molecule has 1 aliphatic carbocycles. The number of anilines is 1. The van der Waals surface area contributed by atoms with Crippen LogP contribution >= 0.6 is 11.3 Å². The SMILES string of the molecule is CC(C)n1cnnc1C1CCN(c2nc(C3CC3)nc3scc(-c4ccccc4)c23)CC1. The van der Waals surface area contributed by atoms with Crippen molar-refractivity contribution < 1.29 is 0 Å². The van der Waals surface area contributed by atoms with Crippen molar-refractivity contribution in [2.24, 2.45) is 0 Å². The summed E-state index contributed by atoms with van der Waals surface area (Å²) in [7, 11) is 0. The first-order chi connectivity index (χ1) is 15.7. The van der Waals surface area contributed by atoms with Crippen molar-refractivity contribution in [2.45, 2.75) is 57.4 Å². The van der Waals surface area contributed by atoms with E-state index in [1.807, 2.05) is 6.33 Å². The van der Waals surface area contributed by atoms with E-state index in [1.54, 1.807) is 11.3 Å². The Labute approximate surface area is 192 Å². The van der Waals surface area contributed by atoms with E-state index in [1.165, 1.54) is 29.4 Å². The normalized spacial score (nSPS) is 17.5. The van der Waals surface area contributed by atoms with E-state index < -0.39 is 0 Å². The summed E-state index contributed by atoms with van der Waals surface area (Å²) in [6.45, 7) is 6.35. The molecule has 0 spiro atoms. The Bertz CT molecular complexity index is 1230. The first kappa shape index (κ1) is 19.9. The minimum Gasteiger partial charge on any atom is -0.356 e. The first-order valence-corrected chi connectivity index (χ1v) is 12.6. The third kappa shape index (κ3) is 3.48. The third-order valence-corrected chi connectivity index (χ3v) is 7.65. The highest BCUT2D eigenvalue weighted by Crippen LogP contribution is 2.44. The second kappa shape index (κ2) is 7.96. The van der Waals surface area contributed by atoms with E-state index in [0.717, 1.165) is 48.2 Å². The number of rotatable bonds is 5. The molecule has 1 aromatic carbocycles. The van der Waals surface area contributed by atoms with E-state index >= 15 is 0 Å². The van der Waals surface area contributed by atoms with Gasteiger partial charge in [0, 0.05) is 41.9 Å². The van der Waals surface area contributed by atoms with Crippen LogP contribution in [0, 0.1) is 0 Å². The predicted octanol–water partition coefficient (Wildman–Crippen LogP) is 5.79. The maximum absolute atomic E-state index is 5.17. The standard InChI is InChI=1S/C25H28N6S/c1-16(2)31-15-26-29-23(31)19-10-12-30(13-11-19)24-21-20(17-6-4-3-5-7-17)14-32-25(21)28-22(27-24)18-8-9-18/h3-7,14-16,18-19H,8-13H2,1-2H3. The molecule has 6 nitrogen and oxygen atoms in total. The lowest BCUT2D eigenvalue weighted by Gasteiger charge is -2.33. The topological polar surface area (TPSA) is 59.7 Å². The van der Waals surface area contributed by atoms with Gasteiger partial charge in [-0.3, -0.25) is 0 Å². The van der Waals surface area contributed by atoms with Crippen LogP contribution in [-0.4, -0.2) is 37.8 Å². The van der Waals surface area contributed by atoms with Crippen molar-refractivity contribution in [1.82, 2.24) is 24.7 Å². The lowest BCUT2D eigenvalue weighted by atomic mass is 9.95. The summed E-state index contributed by atoms with van der Waals surface area (Å²) in [5.74, 6) is 4.29. The van der Waals surface area contributed by atoms with Crippen LogP contribution in [0.15, 0.2) is 42.0 Å². The monoisotopic (exact) mass is 444 g/mol. The molecule has 1 aliphatic heterocycles. The molecule has 0 bridgehead atoms. The van der Waals surface area contributed by atoms with Gasteiger partial charge in [0.1, 0.15) is 28.6 Å². The molecule has 0 unspecified atom stereocenters. The molecular weight excluding hydrogens is 416 g/mol. The molecular formula is C25H28N6S. The zero-order valence-corrected chi connectivity index (χ0v) is 19.4. The minimum absolute atomic E-state index is 0.389. The molecule has 6 rings (SSSR count). The number of fused-ring (bicyclic) bond motifs is 1. The molecule has 164 valence electrons. The average Bonchev–Trinajstić information content (AvgIpc) is 3.39. The van der Waals surface area contributed by atoms with Gasteiger partial charge in [0.2, 0.25) is 0 Å². The number of benzene rings is 1. The van der Waals surface area contributed by atoms with Gasteiger partial charge in [0.15, 0.2) is 0 Å². The maximum atomic E-state index is 5.17. The Morgan fingerprint density at radius 1 is 0.969 bits per heavy atom. The summed E-state index contributed by atoms with van der Waals surface area (Å²) in [5.41, 5.74) is 2.49. The number of hydrogen-bond donors (Lipinski definition) is 0. The molecule has 7 heteroatoms. The molecule has 1 saturated heterocycles. The summed E-state index contributed by atoms with van der Waals surface area (Å²) < 4.78 is 2.22. The van der Waals surface area contributed by atoms with Crippen molar-refractivity contribution >= 4 is 27.4 Å². The van der Waals surface area contributed by atoms with Crippen LogP contribution in [0.1, 0.15) is 69.1 Å². The molecule has 4 aromatic rings. The smallest absolute Gasteiger partial charge is 0.141 e. The van der Waals surface area contributed by atoms with Crippen molar-refractivity contribution in [1.29, 1.82) is 0 Å². The predicted molar refractivity (Wildman–Crippen MR) is 129 cm³/mol. The highest BCUT2D eigenvalue weighted by molar-refractivity contribution is 7.17. The second-order valence-electron chi connectivity index (χ2n) is 9.33. The Kier molecular flexibility index (Phi) is 4.94. The van der Waals surface area contributed by atoms with Crippen LogP contribution in [0.25, 0.3) is 21.3 Å². The largest absolute Gasteiger partial charge is 0.356 e. The summed E-state index contributed by atoms with van der Waals surface area (Å²) in [6, 6.07) is 11.0. The van der Waals surface area contributed by atoms with E-state index in [4.69, 9.17) is 9.97 Å². The van der Waals surface area contributed by atoms with Crippen LogP contribution in [0.5, 0.6) is 0 Å². The molecule has 2 fully saturated rings. The Morgan fingerprint density at radius 3 is 2.47 bits per heavy atom. The number of thiophene rings is 1. The fourth-order valence-corrected chi connectivity index (χ4v) is 5.76. The van der Waals surface area contributed by atoms with Crippen molar-refractivity contribution in [2.75, 3.05) is 18.0 Å². The lowest BCUT2D eigenvalue weighted by Crippen LogP contribution is -2.34. The van der Waals surface area contributed by atoms with Gasteiger partial charge in [-0.05, 0) is 45.1 Å². The average molecular weight is 445 g/mol. The maximum Gasteiger partial charge on any atom is 0.141 e. The van der Waals surface area contributed by atoms with E-state index in [2.05, 4.69) is 69.2 Å². The van der Waals surface area contributed by atoms with Gasteiger partial charge in [0.25, 0.3) is 0 Å². The minimum atomic E-state index is 0.389. The van der Waals surface area contributed by atoms with Crippen molar-refractivity contribution in [3.63, 3.8) is 0 Å². The highest BCUT2D eigenvalue weighted by Gasteiger charge is 2.31. The van der Waals surface area contributed by atoms with Gasteiger partial charge in [-0.1, -0.05) is 30.3 Å². The summed E-state index contributed by atoms with van der Waals surface area (Å²) in [6.07, 6.45) is 6.45. The van der Waals surface area contributed by atoms with Gasteiger partial charge in [0.05, 0.1) is 5.39 Å². The van der Waals surface area contributed by atoms with Gasteiger partial charge in [-0.2, -0.15) is 0 Å². The van der Waals surface area contributed by atoms with E-state index in [0.29, 0.717) is 17.9 Å². The summed E-state index contributed by atoms with van der Waals surface area (Å²) >= 11 is 1.75. The molecule has 4 heterocycles. The van der Waals surface area contributed by atoms with Crippen molar-refractivity contribution in [3.8, 4) is 11.1 Å². The second-order valence-corrected chi connectivity index (χ2v) is 10.2. The fraction of sp³-hybridized carbons (Fsp3) is 0.440. The Morgan fingerprint density at radius 2 is 1.75 bits per heavy atom. The molecule has 0 N–H and O–H groups in total. The molecule has 0 amide bonds. The number of piperidine rings is 1. The molecule has 2 aliphatic rings. The molecule has 32 heavy (non-hydrogen) atoms. The first-order valence-electron chi connectivity index (χ1n) is 11.7. The van der Waals surface area contributed by atoms with E-state index in [9.17, 15) is 0 Å². The highest BCUT2D eigenvalue weighted by atomic mass is 32.1. The van der Waals surface area contributed by atoms with E-state index in [-0.39, 0.29) is 0 Å². The lowest BCUT2D eigenvalue weighted by molar-refractivity contribution is 0.448. The summed E-state index contributed by atoms with van der Waals surface area (Å²) in [5, 5.41) is 12.1. The number of nitrogens with zero attached hydrogens (tertiary/aromatic N) is 6. The van der Waals surface area contributed by atoms with Crippen LogP contribution in [0.4, 0.5) is 5.82 Å². The Hall–Kier alpha value is -2.80. The zero-order chi connectivity index (χ0) is 21.7. The van der Waals surface area contributed by atoms with Gasteiger partial charge < -0.3 is 9.47 Å². The van der Waals surface area contributed by atoms with Gasteiger partial charge in [-0.25, -0.2) is 9.97 Å². The summed E-state index contributed by atoms with van der Waals surface area (Å²) in [4.78, 5) is 13.8.